The van der Waals surface area contributed by atoms with Gasteiger partial charge >= 0.3 is 0 Å². The lowest BCUT2D eigenvalue weighted by Gasteiger charge is -2.25. The fourth-order valence-corrected chi connectivity index (χ4v) is 3.00. The molecule has 1 amide bonds. The Morgan fingerprint density at radius 3 is 2.72 bits per heavy atom. The Kier molecular flexibility index (Phi) is 5.24. The topological polar surface area (TPSA) is 55.1 Å². The molecule has 0 aliphatic heterocycles. The van der Waals surface area contributed by atoms with E-state index < -0.39 is 0 Å². The van der Waals surface area contributed by atoms with Gasteiger partial charge in [0, 0.05) is 18.5 Å². The Hall–Kier alpha value is -0.830. The van der Waals surface area contributed by atoms with E-state index in [0.717, 1.165) is 38.6 Å². The van der Waals surface area contributed by atoms with E-state index in [1.54, 1.807) is 0 Å². The van der Waals surface area contributed by atoms with Crippen LogP contribution in [-0.4, -0.2) is 18.5 Å². The fourth-order valence-electron chi connectivity index (χ4n) is 3.00. The molecule has 0 saturated heterocycles. The third-order valence-corrected chi connectivity index (χ3v) is 4.27. The zero-order valence-electron chi connectivity index (χ0n) is 11.3. The highest BCUT2D eigenvalue weighted by atomic mass is 16.1. The summed E-state index contributed by atoms with van der Waals surface area (Å²) in [5.74, 6) is 0.462. The molecule has 1 fully saturated rings. The van der Waals surface area contributed by atoms with Crippen LogP contribution >= 0.6 is 0 Å². The third kappa shape index (κ3) is 4.13. The SMILES string of the molecule is NC1CCC(C(=O)NCCC2=CCCCC2)CC1. The number of amides is 1. The summed E-state index contributed by atoms with van der Waals surface area (Å²) in [4.78, 5) is 12.0. The van der Waals surface area contributed by atoms with E-state index >= 15 is 0 Å². The number of nitrogens with one attached hydrogen (secondary N) is 1. The van der Waals surface area contributed by atoms with Gasteiger partial charge in [0.1, 0.15) is 0 Å². The van der Waals surface area contributed by atoms with Crippen molar-refractivity contribution in [2.24, 2.45) is 11.7 Å². The lowest BCUT2D eigenvalue weighted by Crippen LogP contribution is -2.36. The highest BCUT2D eigenvalue weighted by Gasteiger charge is 2.24. The van der Waals surface area contributed by atoms with E-state index in [-0.39, 0.29) is 11.8 Å². The second-order valence-electron chi connectivity index (χ2n) is 5.76. The molecule has 102 valence electrons. The predicted octanol–water partition coefficient (Wildman–Crippen LogP) is 2.51. The van der Waals surface area contributed by atoms with Gasteiger partial charge in [-0.05, 0) is 57.8 Å². The van der Waals surface area contributed by atoms with Crippen molar-refractivity contribution in [1.82, 2.24) is 5.32 Å². The van der Waals surface area contributed by atoms with Gasteiger partial charge in [-0.1, -0.05) is 11.6 Å². The van der Waals surface area contributed by atoms with Crippen LogP contribution in [0.4, 0.5) is 0 Å². The highest BCUT2D eigenvalue weighted by Crippen LogP contribution is 2.23. The normalized spacial score (nSPS) is 28.6. The van der Waals surface area contributed by atoms with Crippen LogP contribution in [0.3, 0.4) is 0 Å². The van der Waals surface area contributed by atoms with Crippen molar-refractivity contribution in [3.05, 3.63) is 11.6 Å². The molecule has 0 unspecified atom stereocenters. The molecule has 3 N–H and O–H groups in total. The number of hydrogen-bond acceptors (Lipinski definition) is 2. The summed E-state index contributed by atoms with van der Waals surface area (Å²) in [5.41, 5.74) is 7.39. The average molecular weight is 250 g/mol. The Bertz CT molecular complexity index is 304. The first kappa shape index (κ1) is 13.6. The van der Waals surface area contributed by atoms with Crippen LogP contribution in [0.1, 0.15) is 57.8 Å². The lowest BCUT2D eigenvalue weighted by molar-refractivity contribution is -0.125. The molecule has 2 aliphatic carbocycles. The standard InChI is InChI=1S/C15H26N2O/c16-14-8-6-13(7-9-14)15(18)17-11-10-12-4-2-1-3-5-12/h4,13-14H,1-3,5-11,16H2,(H,17,18). The molecule has 3 heteroatoms. The van der Waals surface area contributed by atoms with E-state index in [0.29, 0.717) is 6.04 Å². The minimum Gasteiger partial charge on any atom is -0.356 e. The van der Waals surface area contributed by atoms with Crippen molar-refractivity contribution in [3.8, 4) is 0 Å². The number of nitrogens with two attached hydrogens (primary N) is 1. The van der Waals surface area contributed by atoms with Gasteiger partial charge in [-0.25, -0.2) is 0 Å². The van der Waals surface area contributed by atoms with Crippen LogP contribution in [0.5, 0.6) is 0 Å². The molecule has 1 saturated carbocycles. The van der Waals surface area contributed by atoms with Gasteiger partial charge < -0.3 is 11.1 Å². The zero-order chi connectivity index (χ0) is 12.8. The van der Waals surface area contributed by atoms with Gasteiger partial charge in [0.05, 0.1) is 0 Å². The Morgan fingerprint density at radius 1 is 1.28 bits per heavy atom. The van der Waals surface area contributed by atoms with Gasteiger partial charge in [-0.15, -0.1) is 0 Å². The maximum Gasteiger partial charge on any atom is 0.223 e. The average Bonchev–Trinajstić information content (AvgIpc) is 2.40. The first-order valence-corrected chi connectivity index (χ1v) is 7.47. The van der Waals surface area contributed by atoms with E-state index in [1.165, 1.54) is 31.3 Å². The molecule has 0 radical (unpaired) electrons. The zero-order valence-corrected chi connectivity index (χ0v) is 11.3. The summed E-state index contributed by atoms with van der Waals surface area (Å²) in [7, 11) is 0. The number of allylic oxidation sites excluding steroid dienone is 1. The van der Waals surface area contributed by atoms with Gasteiger partial charge in [0.25, 0.3) is 0 Å². The molecule has 0 aromatic carbocycles. The van der Waals surface area contributed by atoms with E-state index in [4.69, 9.17) is 5.73 Å². The number of carbonyl (C=O) groups excluding carboxylic acids is 1. The van der Waals surface area contributed by atoms with Crippen molar-refractivity contribution >= 4 is 5.91 Å². The van der Waals surface area contributed by atoms with Gasteiger partial charge in [0.15, 0.2) is 0 Å². The van der Waals surface area contributed by atoms with Crippen molar-refractivity contribution in [2.45, 2.75) is 63.8 Å². The molecule has 0 atom stereocenters. The monoisotopic (exact) mass is 250 g/mol. The molecule has 0 spiro atoms. The molecule has 0 heterocycles. The van der Waals surface area contributed by atoms with Crippen LogP contribution in [0.2, 0.25) is 0 Å². The van der Waals surface area contributed by atoms with E-state index in [9.17, 15) is 4.79 Å². The van der Waals surface area contributed by atoms with Crippen LogP contribution in [0.25, 0.3) is 0 Å². The molecule has 2 aliphatic rings. The van der Waals surface area contributed by atoms with Crippen molar-refractivity contribution in [2.75, 3.05) is 6.54 Å². The van der Waals surface area contributed by atoms with Crippen LogP contribution < -0.4 is 11.1 Å². The maximum atomic E-state index is 12.0. The highest BCUT2D eigenvalue weighted by molar-refractivity contribution is 5.78. The van der Waals surface area contributed by atoms with Gasteiger partial charge in [0.2, 0.25) is 5.91 Å². The van der Waals surface area contributed by atoms with Crippen LogP contribution in [0.15, 0.2) is 11.6 Å². The molecular weight excluding hydrogens is 224 g/mol. The van der Waals surface area contributed by atoms with Crippen molar-refractivity contribution in [3.63, 3.8) is 0 Å². The Morgan fingerprint density at radius 2 is 2.06 bits per heavy atom. The van der Waals surface area contributed by atoms with Crippen molar-refractivity contribution in [1.29, 1.82) is 0 Å². The van der Waals surface area contributed by atoms with Crippen LogP contribution in [0, 0.1) is 5.92 Å². The summed E-state index contributed by atoms with van der Waals surface area (Å²) in [6, 6.07) is 0.321. The molecular formula is C15H26N2O. The molecule has 0 aromatic rings. The predicted molar refractivity (Wildman–Crippen MR) is 74.1 cm³/mol. The Balaban J connectivity index is 1.64. The first-order chi connectivity index (χ1) is 8.75. The summed E-state index contributed by atoms with van der Waals surface area (Å²) < 4.78 is 0. The molecule has 3 nitrogen and oxygen atoms in total. The largest absolute Gasteiger partial charge is 0.356 e. The van der Waals surface area contributed by atoms with E-state index in [2.05, 4.69) is 11.4 Å². The number of carbonyl (C=O) groups is 1. The second-order valence-corrected chi connectivity index (χ2v) is 5.76. The van der Waals surface area contributed by atoms with Gasteiger partial charge in [-0.3, -0.25) is 4.79 Å². The minimum atomic E-state index is 0.213. The fraction of sp³-hybridized carbons (Fsp3) is 0.800. The smallest absolute Gasteiger partial charge is 0.223 e. The number of rotatable bonds is 4. The molecule has 18 heavy (non-hydrogen) atoms. The quantitative estimate of drug-likeness (QED) is 0.753. The second kappa shape index (κ2) is 6.93. The first-order valence-electron chi connectivity index (χ1n) is 7.47. The summed E-state index contributed by atoms with van der Waals surface area (Å²) in [6.07, 6.45) is 12.4. The van der Waals surface area contributed by atoms with E-state index in [1.807, 2.05) is 0 Å². The van der Waals surface area contributed by atoms with Crippen molar-refractivity contribution < 1.29 is 4.79 Å². The summed E-state index contributed by atoms with van der Waals surface area (Å²) in [5, 5.41) is 3.09. The maximum absolute atomic E-state index is 12.0. The summed E-state index contributed by atoms with van der Waals surface area (Å²) >= 11 is 0. The van der Waals surface area contributed by atoms with Gasteiger partial charge in [-0.2, -0.15) is 0 Å². The molecule has 2 rings (SSSR count). The minimum absolute atomic E-state index is 0.213. The summed E-state index contributed by atoms with van der Waals surface area (Å²) in [6.45, 7) is 0.813. The lowest BCUT2D eigenvalue weighted by atomic mass is 9.86. The molecule has 0 aromatic heterocycles. The third-order valence-electron chi connectivity index (χ3n) is 4.27. The van der Waals surface area contributed by atoms with Crippen LogP contribution in [-0.2, 0) is 4.79 Å². The molecule has 0 bridgehead atoms. The Labute approximate surface area is 110 Å². The number of hydrogen-bond donors (Lipinski definition) is 2.